The van der Waals surface area contributed by atoms with Crippen LogP contribution in [-0.2, 0) is 6.42 Å². The van der Waals surface area contributed by atoms with E-state index in [1.165, 1.54) is 11.3 Å². The topological polar surface area (TPSA) is 42.0 Å². The zero-order valence-corrected chi connectivity index (χ0v) is 9.65. The molecular formula is C10H16N2OS. The Labute approximate surface area is 88.6 Å². The highest BCUT2D eigenvalue weighted by atomic mass is 32.1. The number of carbonyl (C=O) groups is 1. The number of hydrogen-bond donors (Lipinski definition) is 1. The third-order valence-corrected chi connectivity index (χ3v) is 3.04. The first-order valence-electron chi connectivity index (χ1n) is 4.92. The number of carbonyl (C=O) groups excluding carboxylic acids is 1. The van der Waals surface area contributed by atoms with Gasteiger partial charge in [-0.3, -0.25) is 4.79 Å². The summed E-state index contributed by atoms with van der Waals surface area (Å²) in [6, 6.07) is 0.231. The van der Waals surface area contributed by atoms with Crippen molar-refractivity contribution in [1.29, 1.82) is 0 Å². The first-order chi connectivity index (χ1) is 6.69. The molecule has 0 aliphatic heterocycles. The lowest BCUT2D eigenvalue weighted by molar-refractivity contribution is 0.0942. The molecule has 3 nitrogen and oxygen atoms in total. The Morgan fingerprint density at radius 1 is 1.64 bits per heavy atom. The van der Waals surface area contributed by atoms with Crippen molar-refractivity contribution in [1.82, 2.24) is 10.3 Å². The second kappa shape index (κ2) is 5.10. The molecule has 0 saturated heterocycles. The summed E-state index contributed by atoms with van der Waals surface area (Å²) in [7, 11) is 0. The van der Waals surface area contributed by atoms with Crippen LogP contribution in [0.2, 0.25) is 0 Å². The van der Waals surface area contributed by atoms with Gasteiger partial charge in [0, 0.05) is 6.04 Å². The minimum Gasteiger partial charge on any atom is -0.349 e. The summed E-state index contributed by atoms with van der Waals surface area (Å²) in [5, 5.41) is 2.94. The van der Waals surface area contributed by atoms with Crippen molar-refractivity contribution in [3.05, 3.63) is 16.1 Å². The normalized spacial score (nSPS) is 12.5. The molecular weight excluding hydrogens is 196 g/mol. The van der Waals surface area contributed by atoms with E-state index in [0.29, 0.717) is 0 Å². The largest absolute Gasteiger partial charge is 0.349 e. The van der Waals surface area contributed by atoms with Crippen LogP contribution < -0.4 is 5.32 Å². The summed E-state index contributed by atoms with van der Waals surface area (Å²) in [5.74, 6) is 0.0127. The summed E-state index contributed by atoms with van der Waals surface area (Å²) in [5.41, 5.74) is 2.63. The first-order valence-corrected chi connectivity index (χ1v) is 5.80. The molecule has 1 aromatic heterocycles. The second-order valence-electron chi connectivity index (χ2n) is 3.26. The molecule has 1 amide bonds. The van der Waals surface area contributed by atoms with E-state index < -0.39 is 0 Å². The Morgan fingerprint density at radius 3 is 2.93 bits per heavy atom. The van der Waals surface area contributed by atoms with Crippen molar-refractivity contribution in [2.75, 3.05) is 0 Å². The molecule has 0 radical (unpaired) electrons. The molecule has 1 rings (SSSR count). The molecule has 4 heteroatoms. The molecule has 0 aliphatic carbocycles. The number of nitrogens with zero attached hydrogens (tertiary/aromatic N) is 1. The van der Waals surface area contributed by atoms with E-state index in [0.717, 1.165) is 23.4 Å². The van der Waals surface area contributed by atoms with Crippen LogP contribution in [0.1, 0.15) is 42.6 Å². The van der Waals surface area contributed by atoms with Crippen molar-refractivity contribution in [3.8, 4) is 0 Å². The number of hydrogen-bond acceptors (Lipinski definition) is 3. The fourth-order valence-corrected chi connectivity index (χ4v) is 1.88. The fourth-order valence-electron chi connectivity index (χ4n) is 1.10. The highest BCUT2D eigenvalue weighted by Crippen LogP contribution is 2.13. The maximum absolute atomic E-state index is 11.7. The summed E-state index contributed by atoms with van der Waals surface area (Å²) in [4.78, 5) is 16.6. The SMILES string of the molecule is CCc1ncsc1C(=O)NC(C)CC. The third kappa shape index (κ3) is 2.54. The maximum atomic E-state index is 11.7. The minimum atomic E-state index is 0.0127. The molecule has 78 valence electrons. The smallest absolute Gasteiger partial charge is 0.263 e. The number of nitrogens with one attached hydrogen (secondary N) is 1. The molecule has 1 N–H and O–H groups in total. The van der Waals surface area contributed by atoms with Gasteiger partial charge in [-0.15, -0.1) is 11.3 Å². The van der Waals surface area contributed by atoms with Crippen molar-refractivity contribution >= 4 is 17.2 Å². The van der Waals surface area contributed by atoms with Gasteiger partial charge in [-0.1, -0.05) is 13.8 Å². The third-order valence-electron chi connectivity index (χ3n) is 2.17. The monoisotopic (exact) mass is 212 g/mol. The molecule has 1 atom stereocenters. The molecule has 0 saturated carbocycles. The highest BCUT2D eigenvalue weighted by Gasteiger charge is 2.14. The summed E-state index contributed by atoms with van der Waals surface area (Å²) < 4.78 is 0. The Morgan fingerprint density at radius 2 is 2.36 bits per heavy atom. The number of aromatic nitrogens is 1. The summed E-state index contributed by atoms with van der Waals surface area (Å²) >= 11 is 1.41. The lowest BCUT2D eigenvalue weighted by Gasteiger charge is -2.10. The van der Waals surface area contributed by atoms with Gasteiger partial charge in [0.05, 0.1) is 11.2 Å². The molecule has 0 aliphatic rings. The van der Waals surface area contributed by atoms with E-state index in [1.807, 2.05) is 13.8 Å². The quantitative estimate of drug-likeness (QED) is 0.831. The predicted octanol–water partition coefficient (Wildman–Crippen LogP) is 2.23. The maximum Gasteiger partial charge on any atom is 0.263 e. The standard InChI is InChI=1S/C10H16N2OS/c1-4-7(3)12-10(13)9-8(5-2)11-6-14-9/h6-7H,4-5H2,1-3H3,(H,12,13). The van der Waals surface area contributed by atoms with Gasteiger partial charge < -0.3 is 5.32 Å². The average molecular weight is 212 g/mol. The van der Waals surface area contributed by atoms with Gasteiger partial charge in [0.2, 0.25) is 0 Å². The van der Waals surface area contributed by atoms with Gasteiger partial charge in [0.1, 0.15) is 4.88 Å². The molecule has 1 unspecified atom stereocenters. The Hall–Kier alpha value is -0.900. The van der Waals surface area contributed by atoms with Crippen LogP contribution in [0.4, 0.5) is 0 Å². The van der Waals surface area contributed by atoms with Gasteiger partial charge in [0.25, 0.3) is 5.91 Å². The molecule has 0 aromatic carbocycles. The lowest BCUT2D eigenvalue weighted by Crippen LogP contribution is -2.31. The Balaban J connectivity index is 2.69. The van der Waals surface area contributed by atoms with Crippen molar-refractivity contribution < 1.29 is 4.79 Å². The van der Waals surface area contributed by atoms with Gasteiger partial charge in [-0.05, 0) is 19.8 Å². The Kier molecular flexibility index (Phi) is 4.07. The lowest BCUT2D eigenvalue weighted by atomic mass is 10.2. The highest BCUT2D eigenvalue weighted by molar-refractivity contribution is 7.11. The average Bonchev–Trinajstić information content (AvgIpc) is 2.65. The summed E-state index contributed by atoms with van der Waals surface area (Å²) in [6.07, 6.45) is 1.76. The summed E-state index contributed by atoms with van der Waals surface area (Å²) in [6.45, 7) is 6.07. The minimum absolute atomic E-state index is 0.0127. The second-order valence-corrected chi connectivity index (χ2v) is 4.12. The molecule has 0 bridgehead atoms. The van der Waals surface area contributed by atoms with Gasteiger partial charge >= 0.3 is 0 Å². The van der Waals surface area contributed by atoms with E-state index in [-0.39, 0.29) is 11.9 Å². The Bertz CT molecular complexity index is 309. The van der Waals surface area contributed by atoms with E-state index in [1.54, 1.807) is 5.51 Å². The number of amides is 1. The van der Waals surface area contributed by atoms with E-state index >= 15 is 0 Å². The number of thiazole rings is 1. The van der Waals surface area contributed by atoms with Crippen LogP contribution in [0.25, 0.3) is 0 Å². The van der Waals surface area contributed by atoms with Crippen LogP contribution in [0, 0.1) is 0 Å². The van der Waals surface area contributed by atoms with Crippen LogP contribution in [-0.4, -0.2) is 16.9 Å². The van der Waals surface area contributed by atoms with Crippen molar-refractivity contribution in [2.24, 2.45) is 0 Å². The molecule has 1 aromatic rings. The molecule has 1 heterocycles. The van der Waals surface area contributed by atoms with Crippen LogP contribution in [0.3, 0.4) is 0 Å². The van der Waals surface area contributed by atoms with Crippen LogP contribution >= 0.6 is 11.3 Å². The number of aryl methyl sites for hydroxylation is 1. The first kappa shape index (κ1) is 11.2. The van der Waals surface area contributed by atoms with Gasteiger partial charge in [0.15, 0.2) is 0 Å². The molecule has 14 heavy (non-hydrogen) atoms. The fraction of sp³-hybridized carbons (Fsp3) is 0.600. The molecule has 0 fully saturated rings. The predicted molar refractivity (Wildman–Crippen MR) is 58.7 cm³/mol. The van der Waals surface area contributed by atoms with E-state index in [4.69, 9.17) is 0 Å². The zero-order chi connectivity index (χ0) is 10.6. The molecule has 0 spiro atoms. The van der Waals surface area contributed by atoms with Gasteiger partial charge in [-0.2, -0.15) is 0 Å². The van der Waals surface area contributed by atoms with Crippen LogP contribution in [0.15, 0.2) is 5.51 Å². The van der Waals surface area contributed by atoms with E-state index in [2.05, 4.69) is 17.2 Å². The van der Waals surface area contributed by atoms with Gasteiger partial charge in [-0.25, -0.2) is 4.98 Å². The van der Waals surface area contributed by atoms with Crippen LogP contribution in [0.5, 0.6) is 0 Å². The van der Waals surface area contributed by atoms with Crippen molar-refractivity contribution in [3.63, 3.8) is 0 Å². The number of rotatable bonds is 4. The van der Waals surface area contributed by atoms with E-state index in [9.17, 15) is 4.79 Å². The zero-order valence-electron chi connectivity index (χ0n) is 8.83. The van der Waals surface area contributed by atoms with Crippen molar-refractivity contribution in [2.45, 2.75) is 39.7 Å².